The van der Waals surface area contributed by atoms with Crippen LogP contribution in [0, 0.1) is 23.7 Å². The molecule has 42 heavy (non-hydrogen) atoms. The molecule has 1 rings (SSSR count). The number of ketones is 2. The molecule has 0 unspecified atom stereocenters. The van der Waals surface area contributed by atoms with Gasteiger partial charge in [-0.1, -0.05) is 58.6 Å². The highest BCUT2D eigenvalue weighted by Gasteiger charge is 2.28. The quantitative estimate of drug-likeness (QED) is 0.162. The van der Waals surface area contributed by atoms with E-state index in [1.54, 1.807) is 52.8 Å². The second-order valence-electron chi connectivity index (χ2n) is 12.1. The highest BCUT2D eigenvalue weighted by molar-refractivity contribution is 5.99. The largest absolute Gasteiger partial charge is 0.455 e. The van der Waals surface area contributed by atoms with E-state index in [1.807, 2.05) is 26.0 Å². The van der Waals surface area contributed by atoms with E-state index in [4.69, 9.17) is 4.74 Å². The number of Topliss-reactive ketones (excluding diaryl/α,β-unsaturated/α-hetero) is 2. The molecule has 1 heterocycles. The fourth-order valence-electron chi connectivity index (χ4n) is 4.88. The number of amides is 1. The molecule has 236 valence electrons. The van der Waals surface area contributed by atoms with Gasteiger partial charge in [0.1, 0.15) is 17.7 Å². The summed E-state index contributed by atoms with van der Waals surface area (Å²) in [6.45, 7) is 16.1. The Morgan fingerprint density at radius 3 is 2.40 bits per heavy atom. The molecular formula is C34H53NO7. The molecule has 0 aromatic carbocycles. The SMILES string of the molecule is C=C/C=C(\C)[C@H](O)CC[C@H](C)/C=C/[C@H]1CC[C@H](C)C(=O)CC(=O)N[C@H](C)CCC(=O)[C@H](C)[C@@H](O)[C@H](C)/C=C(\C)C(=O)O1. The van der Waals surface area contributed by atoms with Crippen molar-refractivity contribution >= 4 is 23.4 Å². The summed E-state index contributed by atoms with van der Waals surface area (Å²) in [5, 5.41) is 23.9. The van der Waals surface area contributed by atoms with Crippen LogP contribution in [-0.2, 0) is 23.9 Å². The molecular weight excluding hydrogens is 534 g/mol. The summed E-state index contributed by atoms with van der Waals surface area (Å²) in [5.74, 6) is -2.69. The minimum Gasteiger partial charge on any atom is -0.455 e. The summed E-state index contributed by atoms with van der Waals surface area (Å²) < 4.78 is 5.82. The smallest absolute Gasteiger partial charge is 0.333 e. The lowest BCUT2D eigenvalue weighted by atomic mass is 9.87. The van der Waals surface area contributed by atoms with Crippen molar-refractivity contribution in [3.8, 4) is 0 Å². The van der Waals surface area contributed by atoms with Crippen LogP contribution in [0.4, 0.5) is 0 Å². The molecule has 3 N–H and O–H groups in total. The van der Waals surface area contributed by atoms with Gasteiger partial charge in [-0.15, -0.1) is 0 Å². The Bertz CT molecular complexity index is 1030. The van der Waals surface area contributed by atoms with E-state index in [-0.39, 0.29) is 42.3 Å². The average molecular weight is 588 g/mol. The van der Waals surface area contributed by atoms with Gasteiger partial charge in [0.2, 0.25) is 5.91 Å². The first-order chi connectivity index (χ1) is 19.7. The number of hydrogen-bond acceptors (Lipinski definition) is 7. The van der Waals surface area contributed by atoms with E-state index in [1.165, 1.54) is 0 Å². The molecule has 8 heteroatoms. The molecule has 8 atom stereocenters. The maximum absolute atomic E-state index is 13.0. The Hall–Kier alpha value is -2.84. The second-order valence-corrected chi connectivity index (χ2v) is 12.1. The molecule has 0 saturated carbocycles. The van der Waals surface area contributed by atoms with Crippen molar-refractivity contribution in [2.75, 3.05) is 0 Å². The summed E-state index contributed by atoms with van der Waals surface area (Å²) in [5.41, 5.74) is 1.17. The van der Waals surface area contributed by atoms with Gasteiger partial charge in [-0.25, -0.2) is 4.79 Å². The van der Waals surface area contributed by atoms with Gasteiger partial charge in [0.05, 0.1) is 18.6 Å². The van der Waals surface area contributed by atoms with Crippen LogP contribution in [0.15, 0.2) is 48.1 Å². The fraction of sp³-hybridized carbons (Fsp3) is 0.647. The van der Waals surface area contributed by atoms with Gasteiger partial charge in [-0.2, -0.15) is 0 Å². The lowest BCUT2D eigenvalue weighted by Crippen LogP contribution is -2.36. The van der Waals surface area contributed by atoms with Crippen LogP contribution in [0.1, 0.15) is 93.4 Å². The number of carbonyl (C=O) groups excluding carboxylic acids is 4. The Morgan fingerprint density at radius 1 is 1.10 bits per heavy atom. The van der Waals surface area contributed by atoms with Crippen LogP contribution in [0.3, 0.4) is 0 Å². The molecule has 0 aromatic heterocycles. The first kappa shape index (κ1) is 37.2. The molecule has 0 aliphatic carbocycles. The summed E-state index contributed by atoms with van der Waals surface area (Å²) >= 11 is 0. The molecule has 0 radical (unpaired) electrons. The van der Waals surface area contributed by atoms with Crippen molar-refractivity contribution in [1.82, 2.24) is 5.32 Å². The first-order valence-electron chi connectivity index (χ1n) is 15.2. The Kier molecular flexibility index (Phi) is 16.5. The second kappa shape index (κ2) is 18.6. The van der Waals surface area contributed by atoms with Crippen molar-refractivity contribution in [2.45, 2.75) is 118 Å². The van der Waals surface area contributed by atoms with E-state index in [9.17, 15) is 29.4 Å². The predicted octanol–water partition coefficient (Wildman–Crippen LogP) is 5.19. The molecule has 1 aliphatic heterocycles. The lowest BCUT2D eigenvalue weighted by molar-refractivity contribution is -0.142. The summed E-state index contributed by atoms with van der Waals surface area (Å²) in [6, 6.07) is -0.291. The Morgan fingerprint density at radius 2 is 1.76 bits per heavy atom. The monoisotopic (exact) mass is 587 g/mol. The number of allylic oxidation sites excluding steroid dienone is 3. The molecule has 0 bridgehead atoms. The van der Waals surface area contributed by atoms with Crippen LogP contribution in [-0.4, -0.2) is 58.0 Å². The normalized spacial score (nSPS) is 31.2. The van der Waals surface area contributed by atoms with Crippen molar-refractivity contribution in [3.05, 3.63) is 48.1 Å². The maximum atomic E-state index is 13.0. The number of esters is 1. The number of cyclic esters (lactones) is 1. The third-order valence-electron chi connectivity index (χ3n) is 8.11. The van der Waals surface area contributed by atoms with Crippen molar-refractivity contribution in [1.29, 1.82) is 0 Å². The number of aliphatic hydroxyl groups excluding tert-OH is 2. The lowest BCUT2D eigenvalue weighted by Gasteiger charge is -2.23. The van der Waals surface area contributed by atoms with Gasteiger partial charge in [0.25, 0.3) is 0 Å². The van der Waals surface area contributed by atoms with E-state index in [2.05, 4.69) is 11.9 Å². The summed E-state index contributed by atoms with van der Waals surface area (Å²) in [4.78, 5) is 51.0. The third kappa shape index (κ3) is 13.4. The number of carbonyl (C=O) groups is 4. The number of nitrogens with one attached hydrogen (secondary N) is 1. The zero-order valence-electron chi connectivity index (χ0n) is 26.6. The van der Waals surface area contributed by atoms with E-state index in [0.717, 1.165) is 5.57 Å². The number of rotatable bonds is 7. The van der Waals surface area contributed by atoms with Gasteiger partial charge < -0.3 is 20.3 Å². The zero-order valence-corrected chi connectivity index (χ0v) is 26.6. The van der Waals surface area contributed by atoms with Gasteiger partial charge in [0, 0.05) is 35.8 Å². The molecule has 0 saturated heterocycles. The van der Waals surface area contributed by atoms with Crippen molar-refractivity contribution in [3.63, 3.8) is 0 Å². The minimum absolute atomic E-state index is 0.0995. The fourth-order valence-corrected chi connectivity index (χ4v) is 4.88. The van der Waals surface area contributed by atoms with Crippen LogP contribution < -0.4 is 5.32 Å². The van der Waals surface area contributed by atoms with Gasteiger partial charge in [0.15, 0.2) is 0 Å². The Balaban J connectivity index is 3.15. The van der Waals surface area contributed by atoms with Gasteiger partial charge >= 0.3 is 5.97 Å². The highest BCUT2D eigenvalue weighted by Crippen LogP contribution is 2.22. The maximum Gasteiger partial charge on any atom is 0.333 e. The number of hydrogen-bond donors (Lipinski definition) is 3. The topological polar surface area (TPSA) is 130 Å². The molecule has 1 amide bonds. The molecule has 0 aromatic rings. The number of ether oxygens (including phenoxy) is 1. The van der Waals surface area contributed by atoms with E-state index < -0.39 is 42.0 Å². The highest BCUT2D eigenvalue weighted by atomic mass is 16.5. The summed E-state index contributed by atoms with van der Waals surface area (Å²) in [6.07, 6.45) is 9.10. The van der Waals surface area contributed by atoms with Crippen LogP contribution >= 0.6 is 0 Å². The van der Waals surface area contributed by atoms with E-state index >= 15 is 0 Å². The zero-order chi connectivity index (χ0) is 32.0. The van der Waals surface area contributed by atoms with Crippen LogP contribution in [0.2, 0.25) is 0 Å². The van der Waals surface area contributed by atoms with E-state index in [0.29, 0.717) is 37.7 Å². The van der Waals surface area contributed by atoms with Crippen LogP contribution in [0.5, 0.6) is 0 Å². The Labute approximate surface area is 252 Å². The summed E-state index contributed by atoms with van der Waals surface area (Å²) in [7, 11) is 0. The van der Waals surface area contributed by atoms with Crippen molar-refractivity contribution in [2.24, 2.45) is 23.7 Å². The number of aliphatic hydroxyl groups is 2. The molecule has 0 spiro atoms. The van der Waals surface area contributed by atoms with Gasteiger partial charge in [-0.3, -0.25) is 14.4 Å². The third-order valence-corrected chi connectivity index (χ3v) is 8.11. The minimum atomic E-state index is -0.984. The molecule has 1 aliphatic rings. The predicted molar refractivity (Wildman–Crippen MR) is 165 cm³/mol. The van der Waals surface area contributed by atoms with Crippen molar-refractivity contribution < 1.29 is 34.1 Å². The standard InChI is InChI=1S/C34H53NO7/c1-9-10-22(3)29(36)17-12-21(2)11-15-28-16-13-23(4)31(38)20-32(39)35-26(7)14-18-30(37)27(8)33(40)24(5)19-25(6)34(41)42-28/h9-11,15,19,21,23-24,26-29,33,36,40H,1,12-14,16-18,20H2,2-8H3,(H,35,39)/b15-11+,22-10+,25-19+/t21-,23+,24-,26-,27+,28+,29-,33+/m1/s1. The molecule has 0 fully saturated rings. The average Bonchev–Trinajstić information content (AvgIpc) is 2.93. The van der Waals surface area contributed by atoms with Crippen LogP contribution in [0.25, 0.3) is 0 Å². The van der Waals surface area contributed by atoms with Gasteiger partial charge in [-0.05, 0) is 70.4 Å². The first-order valence-corrected chi connectivity index (χ1v) is 15.2. The molecule has 8 nitrogen and oxygen atoms in total.